The molecule has 1 aromatic heterocycles. The Hall–Kier alpha value is -0.920. The lowest BCUT2D eigenvalue weighted by Gasteiger charge is -2.34. The number of hydrogen-bond acceptors (Lipinski definition) is 4. The summed E-state index contributed by atoms with van der Waals surface area (Å²) in [4.78, 5) is 3.95. The van der Waals surface area contributed by atoms with E-state index < -0.39 is 10.0 Å². The summed E-state index contributed by atoms with van der Waals surface area (Å²) in [5.74, 6) is 0. The van der Waals surface area contributed by atoms with Crippen molar-refractivity contribution in [3.8, 4) is 0 Å². The molecule has 0 saturated carbocycles. The number of nitrogens with zero attached hydrogens (tertiary/aromatic N) is 2. The first-order valence-electron chi connectivity index (χ1n) is 6.22. The van der Waals surface area contributed by atoms with Gasteiger partial charge in [-0.2, -0.15) is 0 Å². The van der Waals surface area contributed by atoms with Gasteiger partial charge in [0.2, 0.25) is 0 Å². The molecule has 2 rings (SSSR count). The van der Waals surface area contributed by atoms with Crippen molar-refractivity contribution in [3.63, 3.8) is 0 Å². The van der Waals surface area contributed by atoms with Crippen molar-refractivity contribution >= 4 is 10.0 Å². The molecule has 7 heteroatoms. The minimum absolute atomic E-state index is 0.101. The minimum atomic E-state index is -3.52. The van der Waals surface area contributed by atoms with E-state index >= 15 is 0 Å². The normalized spacial score (nSPS) is 19.9. The molecule has 0 amide bonds. The Balaban J connectivity index is 2.16. The zero-order valence-corrected chi connectivity index (χ0v) is 11.6. The first-order valence-corrected chi connectivity index (χ1v) is 7.70. The van der Waals surface area contributed by atoms with Gasteiger partial charge in [-0.15, -0.1) is 0 Å². The summed E-state index contributed by atoms with van der Waals surface area (Å²) < 4.78 is 29.0. The average molecular weight is 272 g/mol. The van der Waals surface area contributed by atoms with Gasteiger partial charge in [0.05, 0.1) is 6.33 Å². The summed E-state index contributed by atoms with van der Waals surface area (Å²) in [7, 11) is -3.52. The molecular weight excluding hydrogens is 252 g/mol. The molecule has 2 N–H and O–H groups in total. The van der Waals surface area contributed by atoms with Crippen molar-refractivity contribution in [1.82, 2.24) is 19.6 Å². The van der Waals surface area contributed by atoms with Gasteiger partial charge >= 0.3 is 0 Å². The van der Waals surface area contributed by atoms with Gasteiger partial charge in [-0.25, -0.2) is 18.1 Å². The molecule has 18 heavy (non-hydrogen) atoms. The first-order chi connectivity index (χ1) is 8.45. The fourth-order valence-electron chi connectivity index (χ4n) is 2.11. The molecule has 0 aliphatic carbocycles. The maximum absolute atomic E-state index is 12.2. The summed E-state index contributed by atoms with van der Waals surface area (Å²) in [6, 6.07) is 0. The molecule has 0 atom stereocenters. The predicted molar refractivity (Wildman–Crippen MR) is 68.7 cm³/mol. The van der Waals surface area contributed by atoms with E-state index in [0.717, 1.165) is 25.9 Å². The van der Waals surface area contributed by atoms with E-state index in [0.29, 0.717) is 6.54 Å². The average Bonchev–Trinajstić information content (AvgIpc) is 2.77. The molecule has 0 unspecified atom stereocenters. The van der Waals surface area contributed by atoms with E-state index in [1.54, 1.807) is 17.1 Å². The zero-order valence-electron chi connectivity index (χ0n) is 10.8. The number of aryl methyl sites for hydroxylation is 1. The second-order valence-electron chi connectivity index (χ2n) is 4.96. The SMILES string of the molecule is CCn1cnc(S(=O)(=O)NC2(C)CCNCC2)c1. The topological polar surface area (TPSA) is 76.0 Å². The van der Waals surface area contributed by atoms with E-state index in [4.69, 9.17) is 0 Å². The molecule has 0 spiro atoms. The van der Waals surface area contributed by atoms with Gasteiger partial charge in [0, 0.05) is 18.3 Å². The second kappa shape index (κ2) is 4.99. The molecule has 2 heterocycles. The molecule has 1 saturated heterocycles. The maximum atomic E-state index is 12.2. The van der Waals surface area contributed by atoms with Gasteiger partial charge in [0.15, 0.2) is 5.03 Å². The van der Waals surface area contributed by atoms with Crippen LogP contribution in [-0.2, 0) is 16.6 Å². The first kappa shape index (κ1) is 13.5. The molecule has 1 aliphatic heterocycles. The third kappa shape index (κ3) is 2.90. The molecule has 6 nitrogen and oxygen atoms in total. The fourth-order valence-corrected chi connectivity index (χ4v) is 3.53. The van der Waals surface area contributed by atoms with Crippen LogP contribution < -0.4 is 10.0 Å². The van der Waals surface area contributed by atoms with Crippen molar-refractivity contribution < 1.29 is 8.42 Å². The summed E-state index contributed by atoms with van der Waals surface area (Å²) in [5.41, 5.74) is -0.375. The molecule has 1 fully saturated rings. The number of nitrogens with one attached hydrogen (secondary N) is 2. The number of sulfonamides is 1. The molecule has 0 radical (unpaired) electrons. The Kier molecular flexibility index (Phi) is 3.74. The van der Waals surface area contributed by atoms with Gasteiger partial charge in [-0.3, -0.25) is 0 Å². The Bertz CT molecular complexity index is 503. The van der Waals surface area contributed by atoms with E-state index in [-0.39, 0.29) is 10.6 Å². The Morgan fingerprint density at radius 3 is 2.72 bits per heavy atom. The summed E-state index contributed by atoms with van der Waals surface area (Å²) in [6.45, 7) is 6.27. The summed E-state index contributed by atoms with van der Waals surface area (Å²) in [5, 5.41) is 3.33. The quantitative estimate of drug-likeness (QED) is 0.828. The molecular formula is C11H20N4O2S. The van der Waals surface area contributed by atoms with Crippen molar-refractivity contribution in [1.29, 1.82) is 0 Å². The van der Waals surface area contributed by atoms with Crippen LogP contribution in [0.15, 0.2) is 17.6 Å². The highest BCUT2D eigenvalue weighted by Crippen LogP contribution is 2.20. The fraction of sp³-hybridized carbons (Fsp3) is 0.727. The molecule has 0 aromatic carbocycles. The van der Waals surface area contributed by atoms with Crippen LogP contribution in [0.3, 0.4) is 0 Å². The van der Waals surface area contributed by atoms with Crippen LogP contribution in [0, 0.1) is 0 Å². The van der Waals surface area contributed by atoms with Crippen LogP contribution in [-0.4, -0.2) is 36.6 Å². The van der Waals surface area contributed by atoms with E-state index in [9.17, 15) is 8.42 Å². The number of rotatable bonds is 4. The van der Waals surface area contributed by atoms with E-state index in [1.165, 1.54) is 0 Å². The summed E-state index contributed by atoms with van der Waals surface area (Å²) >= 11 is 0. The highest BCUT2D eigenvalue weighted by molar-refractivity contribution is 7.89. The lowest BCUT2D eigenvalue weighted by molar-refractivity contribution is 0.307. The van der Waals surface area contributed by atoms with E-state index in [2.05, 4.69) is 15.0 Å². The third-order valence-corrected chi connectivity index (χ3v) is 4.86. The largest absolute Gasteiger partial charge is 0.336 e. The minimum Gasteiger partial charge on any atom is -0.336 e. The highest BCUT2D eigenvalue weighted by atomic mass is 32.2. The lowest BCUT2D eigenvalue weighted by atomic mass is 9.92. The van der Waals surface area contributed by atoms with Crippen LogP contribution in [0.1, 0.15) is 26.7 Å². The van der Waals surface area contributed by atoms with Crippen LogP contribution in [0.25, 0.3) is 0 Å². The zero-order chi connectivity index (χ0) is 13.2. The van der Waals surface area contributed by atoms with Crippen molar-refractivity contribution in [2.24, 2.45) is 0 Å². The van der Waals surface area contributed by atoms with Gasteiger partial charge in [-0.1, -0.05) is 0 Å². The maximum Gasteiger partial charge on any atom is 0.260 e. The van der Waals surface area contributed by atoms with Crippen molar-refractivity contribution in [2.45, 2.75) is 43.8 Å². The Morgan fingerprint density at radius 2 is 2.17 bits per heavy atom. The number of hydrogen-bond donors (Lipinski definition) is 2. The van der Waals surface area contributed by atoms with Crippen LogP contribution in [0.2, 0.25) is 0 Å². The second-order valence-corrected chi connectivity index (χ2v) is 6.59. The lowest BCUT2D eigenvalue weighted by Crippen LogP contribution is -2.52. The van der Waals surface area contributed by atoms with E-state index in [1.807, 2.05) is 13.8 Å². The highest BCUT2D eigenvalue weighted by Gasteiger charge is 2.32. The van der Waals surface area contributed by atoms with Crippen molar-refractivity contribution in [3.05, 3.63) is 12.5 Å². The molecule has 0 bridgehead atoms. The van der Waals surface area contributed by atoms with Gasteiger partial charge < -0.3 is 9.88 Å². The number of piperidine rings is 1. The van der Waals surface area contributed by atoms with Crippen LogP contribution in [0.4, 0.5) is 0 Å². The van der Waals surface area contributed by atoms with Gasteiger partial charge in [0.1, 0.15) is 0 Å². The molecule has 1 aromatic rings. The predicted octanol–water partition coefficient (Wildman–Crippen LogP) is 0.323. The van der Waals surface area contributed by atoms with Gasteiger partial charge in [0.25, 0.3) is 10.0 Å². The van der Waals surface area contributed by atoms with Crippen LogP contribution >= 0.6 is 0 Å². The standard InChI is InChI=1S/C11H20N4O2S/c1-3-15-8-10(13-9-15)18(16,17)14-11(2)4-6-12-7-5-11/h8-9,12,14H,3-7H2,1-2H3. The third-order valence-electron chi connectivity index (χ3n) is 3.34. The van der Waals surface area contributed by atoms with Crippen LogP contribution in [0.5, 0.6) is 0 Å². The Labute approximate surface area is 108 Å². The summed E-state index contributed by atoms with van der Waals surface area (Å²) in [6.07, 6.45) is 4.69. The number of aromatic nitrogens is 2. The van der Waals surface area contributed by atoms with Gasteiger partial charge in [-0.05, 0) is 39.8 Å². The molecule has 1 aliphatic rings. The monoisotopic (exact) mass is 272 g/mol. The number of imidazole rings is 1. The smallest absolute Gasteiger partial charge is 0.260 e. The molecule has 102 valence electrons. The Morgan fingerprint density at radius 1 is 1.50 bits per heavy atom. The van der Waals surface area contributed by atoms with Crippen molar-refractivity contribution in [2.75, 3.05) is 13.1 Å².